The minimum absolute atomic E-state index is 0.0294. The van der Waals surface area contributed by atoms with Crippen molar-refractivity contribution in [1.82, 2.24) is 0 Å². The zero-order chi connectivity index (χ0) is 11.3. The fourth-order valence-corrected chi connectivity index (χ4v) is 1.87. The van der Waals surface area contributed by atoms with E-state index in [4.69, 9.17) is 5.11 Å². The Hall–Kier alpha value is -1.25. The second kappa shape index (κ2) is 5.59. The summed E-state index contributed by atoms with van der Waals surface area (Å²) in [6, 6.07) is 1.53. The molecule has 5 heteroatoms. The van der Waals surface area contributed by atoms with E-state index in [-0.39, 0.29) is 10.7 Å². The molecule has 0 aromatic carbocycles. The number of rotatable bonds is 2. The molecule has 0 amide bonds. The van der Waals surface area contributed by atoms with Gasteiger partial charge in [-0.1, -0.05) is 23.6 Å². The van der Waals surface area contributed by atoms with Crippen LogP contribution < -0.4 is 0 Å². The largest absolute Gasteiger partial charge is 0.478 e. The first-order chi connectivity index (χ1) is 7.09. The quantitative estimate of drug-likeness (QED) is 0.804. The highest BCUT2D eigenvalue weighted by molar-refractivity contribution is 8.13. The average Bonchev–Trinajstić information content (AvgIpc) is 2.60. The van der Waals surface area contributed by atoms with Crippen LogP contribution >= 0.6 is 23.1 Å². The van der Waals surface area contributed by atoms with Gasteiger partial charge in [-0.3, -0.25) is 4.79 Å². The topological polar surface area (TPSA) is 54.4 Å². The number of thioether (sulfide) groups is 1. The maximum absolute atomic E-state index is 10.6. The van der Waals surface area contributed by atoms with Crippen molar-refractivity contribution >= 4 is 34.2 Å². The van der Waals surface area contributed by atoms with Gasteiger partial charge in [-0.15, -0.1) is 11.3 Å². The molecule has 0 atom stereocenters. The molecule has 1 heterocycles. The summed E-state index contributed by atoms with van der Waals surface area (Å²) in [7, 11) is 0. The van der Waals surface area contributed by atoms with Gasteiger partial charge < -0.3 is 5.11 Å². The molecule has 0 bridgehead atoms. The van der Waals surface area contributed by atoms with E-state index in [1.807, 2.05) is 0 Å². The lowest BCUT2D eigenvalue weighted by Gasteiger charge is -1.83. The van der Waals surface area contributed by atoms with Gasteiger partial charge in [0.25, 0.3) is 0 Å². The Bertz CT molecular complexity index is 437. The molecule has 0 aliphatic rings. The van der Waals surface area contributed by atoms with E-state index in [9.17, 15) is 9.59 Å². The van der Waals surface area contributed by atoms with E-state index in [1.54, 1.807) is 5.38 Å². The summed E-state index contributed by atoms with van der Waals surface area (Å²) in [5.74, 6) is 5.10. The van der Waals surface area contributed by atoms with Gasteiger partial charge in [-0.25, -0.2) is 4.79 Å². The molecule has 0 aliphatic heterocycles. The summed E-state index contributed by atoms with van der Waals surface area (Å²) in [6.45, 7) is 1.49. The molecule has 0 radical (unpaired) electrons. The van der Waals surface area contributed by atoms with E-state index >= 15 is 0 Å². The molecule has 1 aromatic heterocycles. The van der Waals surface area contributed by atoms with Gasteiger partial charge in [0.05, 0.1) is 16.2 Å². The molecule has 0 saturated heterocycles. The van der Waals surface area contributed by atoms with Crippen LogP contribution in [-0.4, -0.2) is 21.9 Å². The summed E-state index contributed by atoms with van der Waals surface area (Å²) < 4.78 is 0. The van der Waals surface area contributed by atoms with Crippen molar-refractivity contribution in [2.45, 2.75) is 6.92 Å². The average molecular weight is 240 g/mol. The number of hydrogen-bond acceptors (Lipinski definition) is 4. The number of thiophene rings is 1. The van der Waals surface area contributed by atoms with Crippen LogP contribution in [0.2, 0.25) is 0 Å². The van der Waals surface area contributed by atoms with Crippen molar-refractivity contribution in [2.75, 3.05) is 5.75 Å². The van der Waals surface area contributed by atoms with Crippen LogP contribution in [0.4, 0.5) is 0 Å². The van der Waals surface area contributed by atoms with Gasteiger partial charge in [0, 0.05) is 12.3 Å². The van der Waals surface area contributed by atoms with Crippen molar-refractivity contribution in [3.63, 3.8) is 0 Å². The first-order valence-corrected chi connectivity index (χ1v) is 5.90. The van der Waals surface area contributed by atoms with Crippen molar-refractivity contribution in [1.29, 1.82) is 0 Å². The van der Waals surface area contributed by atoms with Crippen LogP contribution in [0.1, 0.15) is 22.2 Å². The summed E-state index contributed by atoms with van der Waals surface area (Å²) in [4.78, 5) is 21.8. The second-order valence-electron chi connectivity index (χ2n) is 2.59. The van der Waals surface area contributed by atoms with E-state index in [1.165, 1.54) is 24.3 Å². The zero-order valence-electron chi connectivity index (χ0n) is 7.94. The van der Waals surface area contributed by atoms with Gasteiger partial charge in [0.2, 0.25) is 0 Å². The lowest BCUT2D eigenvalue weighted by atomic mass is 10.3. The maximum Gasteiger partial charge on any atom is 0.336 e. The number of carbonyl (C=O) groups excluding carboxylic acids is 1. The van der Waals surface area contributed by atoms with Crippen molar-refractivity contribution in [2.24, 2.45) is 0 Å². The van der Waals surface area contributed by atoms with E-state index in [0.29, 0.717) is 10.6 Å². The number of carboxylic acids is 1. The molecule has 15 heavy (non-hydrogen) atoms. The summed E-state index contributed by atoms with van der Waals surface area (Å²) in [5.41, 5.74) is 0.253. The molecule has 3 nitrogen and oxygen atoms in total. The predicted molar refractivity (Wildman–Crippen MR) is 61.3 cm³/mol. The summed E-state index contributed by atoms with van der Waals surface area (Å²) in [5, 5.41) is 10.2. The van der Waals surface area contributed by atoms with Gasteiger partial charge >= 0.3 is 5.97 Å². The smallest absolute Gasteiger partial charge is 0.336 e. The van der Waals surface area contributed by atoms with Gasteiger partial charge in [-0.2, -0.15) is 0 Å². The van der Waals surface area contributed by atoms with Crippen LogP contribution in [0.15, 0.2) is 11.4 Å². The van der Waals surface area contributed by atoms with Crippen molar-refractivity contribution in [3.8, 4) is 11.8 Å². The molecule has 0 aliphatic carbocycles. The first-order valence-electron chi connectivity index (χ1n) is 4.03. The van der Waals surface area contributed by atoms with Crippen LogP contribution in [0.5, 0.6) is 0 Å². The van der Waals surface area contributed by atoms with Gasteiger partial charge in [0.15, 0.2) is 5.12 Å². The van der Waals surface area contributed by atoms with Gasteiger partial charge in [0.1, 0.15) is 0 Å². The molecule has 0 unspecified atom stereocenters. The van der Waals surface area contributed by atoms with Crippen LogP contribution in [-0.2, 0) is 4.79 Å². The predicted octanol–water partition coefficient (Wildman–Crippen LogP) is 2.08. The minimum Gasteiger partial charge on any atom is -0.478 e. The summed E-state index contributed by atoms with van der Waals surface area (Å²) >= 11 is 2.43. The Kier molecular flexibility index (Phi) is 4.40. The fourth-order valence-electron chi connectivity index (χ4n) is 0.775. The van der Waals surface area contributed by atoms with E-state index in [2.05, 4.69) is 11.8 Å². The highest BCUT2D eigenvalue weighted by Gasteiger charge is 2.04. The third-order valence-corrected chi connectivity index (χ3v) is 2.95. The van der Waals surface area contributed by atoms with Crippen LogP contribution in [0, 0.1) is 11.8 Å². The third-order valence-electron chi connectivity index (χ3n) is 1.41. The second-order valence-corrected chi connectivity index (χ2v) is 4.65. The normalized spacial score (nSPS) is 9.13. The highest BCUT2D eigenvalue weighted by Crippen LogP contribution is 2.13. The standard InChI is InChI=1S/C10H8O3S2/c1-7(11)14-4-2-3-9-5-8(6-15-9)10(12)13/h5-6H,4H2,1H3,(H,12,13). The van der Waals surface area contributed by atoms with Gasteiger partial charge in [-0.05, 0) is 6.07 Å². The molecule has 0 spiro atoms. The SMILES string of the molecule is CC(=O)SCC#Cc1cc(C(=O)O)cs1. The molecule has 1 N–H and O–H groups in total. The maximum atomic E-state index is 10.6. The first kappa shape index (κ1) is 11.8. The molecule has 0 fully saturated rings. The fraction of sp³-hybridized carbons (Fsp3) is 0.200. The molecule has 0 saturated carbocycles. The summed E-state index contributed by atoms with van der Waals surface area (Å²) in [6.07, 6.45) is 0. The zero-order valence-corrected chi connectivity index (χ0v) is 9.58. The molecular weight excluding hydrogens is 232 g/mol. The molecule has 1 rings (SSSR count). The Balaban J connectivity index is 2.56. The molecule has 1 aromatic rings. The minimum atomic E-state index is -0.947. The highest BCUT2D eigenvalue weighted by atomic mass is 32.2. The number of aromatic carboxylic acids is 1. The van der Waals surface area contributed by atoms with E-state index < -0.39 is 5.97 Å². The van der Waals surface area contributed by atoms with E-state index in [0.717, 1.165) is 11.8 Å². The Morgan fingerprint density at radius 3 is 2.87 bits per heavy atom. The Labute approximate surface area is 95.5 Å². The lowest BCUT2D eigenvalue weighted by molar-refractivity contribution is -0.109. The molecule has 78 valence electrons. The van der Waals surface area contributed by atoms with Crippen molar-refractivity contribution < 1.29 is 14.7 Å². The number of carbonyl (C=O) groups is 2. The van der Waals surface area contributed by atoms with Crippen LogP contribution in [0.25, 0.3) is 0 Å². The van der Waals surface area contributed by atoms with Crippen molar-refractivity contribution in [3.05, 3.63) is 21.9 Å². The van der Waals surface area contributed by atoms with Crippen LogP contribution in [0.3, 0.4) is 0 Å². The lowest BCUT2D eigenvalue weighted by Crippen LogP contribution is -1.91. The number of carboxylic acid groups (broad SMARTS) is 1. The Morgan fingerprint density at radius 2 is 2.33 bits per heavy atom. The third kappa shape index (κ3) is 4.19. The monoisotopic (exact) mass is 240 g/mol. The Morgan fingerprint density at radius 1 is 1.60 bits per heavy atom. The number of hydrogen-bond donors (Lipinski definition) is 1. The molecular formula is C10H8O3S2.